The van der Waals surface area contributed by atoms with E-state index in [-0.39, 0.29) is 24.4 Å². The fraction of sp³-hybridized carbons (Fsp3) is 0.583. The van der Waals surface area contributed by atoms with Crippen LogP contribution in [0.25, 0.3) is 0 Å². The Morgan fingerprint density at radius 3 is 3.00 bits per heavy atom. The first-order chi connectivity index (χ1) is 8.15. The van der Waals surface area contributed by atoms with Crippen molar-refractivity contribution >= 4 is 41.3 Å². The highest BCUT2D eigenvalue weighted by Gasteiger charge is 2.19. The van der Waals surface area contributed by atoms with Gasteiger partial charge in [-0.1, -0.05) is 11.6 Å². The summed E-state index contributed by atoms with van der Waals surface area (Å²) in [6.07, 6.45) is 2.85. The quantitative estimate of drug-likeness (QED) is 0.897. The van der Waals surface area contributed by atoms with Gasteiger partial charge < -0.3 is 10.6 Å². The molecule has 102 valence electrons. The second-order valence-electron chi connectivity index (χ2n) is 4.43. The lowest BCUT2D eigenvalue weighted by Crippen LogP contribution is -2.33. The standard InChI is InChI=1S/C12H17ClN2OS.ClH/c1-8(10-4-5-11(13)17-10)15-12(16)7-9-3-2-6-14-9;/h4-5,8-9,14H,2-3,6-7H2,1H3,(H,15,16);1H. The van der Waals surface area contributed by atoms with Crippen molar-refractivity contribution in [3.05, 3.63) is 21.3 Å². The number of hydrogen-bond acceptors (Lipinski definition) is 3. The fourth-order valence-corrected chi connectivity index (χ4v) is 3.15. The Morgan fingerprint density at radius 2 is 2.44 bits per heavy atom. The summed E-state index contributed by atoms with van der Waals surface area (Å²) in [5.41, 5.74) is 0. The Hall–Kier alpha value is -0.290. The number of hydrogen-bond donors (Lipinski definition) is 2. The summed E-state index contributed by atoms with van der Waals surface area (Å²) in [5, 5.41) is 6.33. The summed E-state index contributed by atoms with van der Waals surface area (Å²) in [5.74, 6) is 0.112. The minimum absolute atomic E-state index is 0. The minimum atomic E-state index is 0. The van der Waals surface area contributed by atoms with Crippen LogP contribution in [0.1, 0.15) is 37.1 Å². The summed E-state index contributed by atoms with van der Waals surface area (Å²) in [4.78, 5) is 12.9. The van der Waals surface area contributed by atoms with Crippen molar-refractivity contribution in [2.45, 2.75) is 38.3 Å². The first-order valence-electron chi connectivity index (χ1n) is 5.93. The number of halogens is 2. The highest BCUT2D eigenvalue weighted by atomic mass is 35.5. The van der Waals surface area contributed by atoms with Crippen LogP contribution in [-0.2, 0) is 4.79 Å². The molecule has 2 heterocycles. The van der Waals surface area contributed by atoms with Gasteiger partial charge in [0, 0.05) is 17.3 Å². The van der Waals surface area contributed by atoms with Crippen molar-refractivity contribution in [3.8, 4) is 0 Å². The third-order valence-corrected chi connectivity index (χ3v) is 4.41. The maximum atomic E-state index is 11.8. The van der Waals surface area contributed by atoms with Crippen LogP contribution >= 0.6 is 35.3 Å². The molecule has 0 bridgehead atoms. The second-order valence-corrected chi connectivity index (χ2v) is 6.18. The van der Waals surface area contributed by atoms with Crippen LogP contribution in [0, 0.1) is 0 Å². The molecule has 0 spiro atoms. The molecule has 1 aromatic rings. The van der Waals surface area contributed by atoms with E-state index in [1.807, 2.05) is 19.1 Å². The summed E-state index contributed by atoms with van der Waals surface area (Å²) < 4.78 is 0.763. The maximum absolute atomic E-state index is 11.8. The SMILES string of the molecule is CC(NC(=O)CC1CCCN1)c1ccc(Cl)s1.Cl. The van der Waals surface area contributed by atoms with E-state index >= 15 is 0 Å². The third-order valence-electron chi connectivity index (χ3n) is 2.99. The highest BCUT2D eigenvalue weighted by molar-refractivity contribution is 7.16. The van der Waals surface area contributed by atoms with Crippen LogP contribution in [0.15, 0.2) is 12.1 Å². The normalized spacial score (nSPS) is 20.2. The minimum Gasteiger partial charge on any atom is -0.349 e. The molecule has 6 heteroatoms. The van der Waals surface area contributed by atoms with Crippen LogP contribution in [0.5, 0.6) is 0 Å². The number of nitrogens with one attached hydrogen (secondary N) is 2. The van der Waals surface area contributed by atoms with E-state index < -0.39 is 0 Å². The van der Waals surface area contributed by atoms with Crippen LogP contribution in [0.3, 0.4) is 0 Å². The average molecular weight is 309 g/mol. The summed E-state index contributed by atoms with van der Waals surface area (Å²) in [6, 6.07) is 4.23. The van der Waals surface area contributed by atoms with Crippen molar-refractivity contribution in [1.29, 1.82) is 0 Å². The predicted molar refractivity (Wildman–Crippen MR) is 78.8 cm³/mol. The lowest BCUT2D eigenvalue weighted by Gasteiger charge is -2.14. The predicted octanol–water partition coefficient (Wildman–Crippen LogP) is 3.14. The van der Waals surface area contributed by atoms with E-state index in [4.69, 9.17) is 11.6 Å². The maximum Gasteiger partial charge on any atom is 0.222 e. The van der Waals surface area contributed by atoms with E-state index in [1.54, 1.807) is 0 Å². The van der Waals surface area contributed by atoms with Crippen LogP contribution in [-0.4, -0.2) is 18.5 Å². The van der Waals surface area contributed by atoms with Gasteiger partial charge in [0.05, 0.1) is 10.4 Å². The molecule has 1 aromatic heterocycles. The Labute approximate surface area is 123 Å². The van der Waals surface area contributed by atoms with Crippen molar-refractivity contribution in [1.82, 2.24) is 10.6 Å². The summed E-state index contributed by atoms with van der Waals surface area (Å²) >= 11 is 7.39. The monoisotopic (exact) mass is 308 g/mol. The highest BCUT2D eigenvalue weighted by Crippen LogP contribution is 2.26. The van der Waals surface area contributed by atoms with Gasteiger partial charge in [0.15, 0.2) is 0 Å². The van der Waals surface area contributed by atoms with Crippen molar-refractivity contribution in [2.24, 2.45) is 0 Å². The van der Waals surface area contributed by atoms with Gasteiger partial charge in [-0.15, -0.1) is 23.7 Å². The molecule has 0 aromatic carbocycles. The number of carbonyl (C=O) groups is 1. The van der Waals surface area contributed by atoms with E-state index in [2.05, 4.69) is 10.6 Å². The van der Waals surface area contributed by atoms with Crippen LogP contribution in [0.2, 0.25) is 4.34 Å². The molecule has 2 unspecified atom stereocenters. The molecule has 3 nitrogen and oxygen atoms in total. The van der Waals surface area contributed by atoms with Crippen molar-refractivity contribution in [2.75, 3.05) is 6.54 Å². The van der Waals surface area contributed by atoms with Gasteiger partial charge in [-0.3, -0.25) is 4.79 Å². The van der Waals surface area contributed by atoms with E-state index in [0.29, 0.717) is 12.5 Å². The lowest BCUT2D eigenvalue weighted by atomic mass is 10.1. The molecule has 1 aliphatic heterocycles. The topological polar surface area (TPSA) is 41.1 Å². The third kappa shape index (κ3) is 4.43. The number of rotatable bonds is 4. The van der Waals surface area contributed by atoms with E-state index in [0.717, 1.165) is 22.2 Å². The van der Waals surface area contributed by atoms with Crippen molar-refractivity contribution < 1.29 is 4.79 Å². The number of thiophene rings is 1. The zero-order valence-corrected chi connectivity index (χ0v) is 12.6. The Balaban J connectivity index is 0.00000162. The van der Waals surface area contributed by atoms with Crippen molar-refractivity contribution in [3.63, 3.8) is 0 Å². The van der Waals surface area contributed by atoms with E-state index in [9.17, 15) is 4.79 Å². The Kier molecular flexibility index (Phi) is 6.43. The van der Waals surface area contributed by atoms with Gasteiger partial charge in [-0.2, -0.15) is 0 Å². The van der Waals surface area contributed by atoms with Gasteiger partial charge >= 0.3 is 0 Å². The molecule has 1 amide bonds. The zero-order chi connectivity index (χ0) is 12.3. The summed E-state index contributed by atoms with van der Waals surface area (Å²) in [6.45, 7) is 3.02. The Morgan fingerprint density at radius 1 is 1.67 bits per heavy atom. The van der Waals surface area contributed by atoms with Gasteiger partial charge in [0.25, 0.3) is 0 Å². The molecule has 2 atom stereocenters. The van der Waals surface area contributed by atoms with E-state index in [1.165, 1.54) is 17.8 Å². The first kappa shape index (κ1) is 15.8. The molecular weight excluding hydrogens is 291 g/mol. The summed E-state index contributed by atoms with van der Waals surface area (Å²) in [7, 11) is 0. The van der Waals surface area contributed by atoms with Gasteiger partial charge in [0.2, 0.25) is 5.91 Å². The molecule has 0 radical (unpaired) electrons. The molecule has 1 saturated heterocycles. The van der Waals surface area contributed by atoms with Gasteiger partial charge in [-0.25, -0.2) is 0 Å². The molecular formula is C12H18Cl2N2OS. The first-order valence-corrected chi connectivity index (χ1v) is 7.12. The van der Waals surface area contributed by atoms with Crippen LogP contribution < -0.4 is 10.6 Å². The van der Waals surface area contributed by atoms with Gasteiger partial charge in [0.1, 0.15) is 0 Å². The molecule has 1 aliphatic rings. The van der Waals surface area contributed by atoms with Gasteiger partial charge in [-0.05, 0) is 38.4 Å². The number of amides is 1. The molecule has 2 N–H and O–H groups in total. The lowest BCUT2D eigenvalue weighted by molar-refractivity contribution is -0.122. The largest absolute Gasteiger partial charge is 0.349 e. The molecule has 0 saturated carbocycles. The average Bonchev–Trinajstić information content (AvgIpc) is 2.89. The molecule has 1 fully saturated rings. The zero-order valence-electron chi connectivity index (χ0n) is 10.2. The molecule has 18 heavy (non-hydrogen) atoms. The smallest absolute Gasteiger partial charge is 0.222 e. The second kappa shape index (κ2) is 7.34. The molecule has 2 rings (SSSR count). The fourth-order valence-electron chi connectivity index (χ4n) is 2.09. The number of carbonyl (C=O) groups excluding carboxylic acids is 1. The van der Waals surface area contributed by atoms with Crippen LogP contribution in [0.4, 0.5) is 0 Å². The Bertz CT molecular complexity index is 391. The molecule has 0 aliphatic carbocycles.